The summed E-state index contributed by atoms with van der Waals surface area (Å²) in [6, 6.07) is 10.2. The maximum Gasteiger partial charge on any atom is 1.00 e. The molecule has 2 aromatic carbocycles. The van der Waals surface area contributed by atoms with Crippen LogP contribution in [0.15, 0.2) is 36.4 Å². The fraction of sp³-hybridized carbons (Fsp3) is 0.318. The van der Waals surface area contributed by atoms with E-state index >= 15 is 0 Å². The SMILES string of the molecule is O=C([O-])C1CCN(c2nnc(NCc3ccc4c(c3)OCO4)c3cc([N+](=O)[O-])ccc23)CC1.[K+]. The number of carboxylic acid groups (broad SMARTS) is 1. The molecule has 1 N–H and O–H groups in total. The van der Waals surface area contributed by atoms with E-state index in [1.165, 1.54) is 12.1 Å². The number of benzene rings is 2. The quantitative estimate of drug-likeness (QED) is 0.256. The van der Waals surface area contributed by atoms with Gasteiger partial charge in [-0.25, -0.2) is 0 Å². The summed E-state index contributed by atoms with van der Waals surface area (Å²) in [5.41, 5.74) is 0.872. The molecule has 3 heterocycles. The predicted molar refractivity (Wildman–Crippen MR) is 116 cm³/mol. The van der Waals surface area contributed by atoms with E-state index in [2.05, 4.69) is 15.5 Å². The number of non-ortho nitro benzene ring substituents is 1. The van der Waals surface area contributed by atoms with Crippen LogP contribution in [0, 0.1) is 16.0 Å². The Morgan fingerprint density at radius 2 is 1.85 bits per heavy atom. The maximum absolute atomic E-state index is 11.4. The minimum absolute atomic E-state index is 0. The van der Waals surface area contributed by atoms with E-state index in [4.69, 9.17) is 9.47 Å². The monoisotopic (exact) mass is 489 g/mol. The van der Waals surface area contributed by atoms with Gasteiger partial charge >= 0.3 is 51.4 Å². The second kappa shape index (κ2) is 10.4. The fourth-order valence-corrected chi connectivity index (χ4v) is 4.17. The van der Waals surface area contributed by atoms with Gasteiger partial charge in [-0.1, -0.05) is 6.07 Å². The number of rotatable bonds is 6. The number of carbonyl (C=O) groups is 1. The smallest absolute Gasteiger partial charge is 0.550 e. The number of fused-ring (bicyclic) bond motifs is 2. The Morgan fingerprint density at radius 1 is 1.09 bits per heavy atom. The van der Waals surface area contributed by atoms with Crippen molar-refractivity contribution in [1.82, 2.24) is 10.2 Å². The van der Waals surface area contributed by atoms with Crippen LogP contribution in [0.1, 0.15) is 18.4 Å². The summed E-state index contributed by atoms with van der Waals surface area (Å²) < 4.78 is 10.7. The molecule has 0 bridgehead atoms. The first-order valence-electron chi connectivity index (χ1n) is 10.5. The summed E-state index contributed by atoms with van der Waals surface area (Å²) in [6.45, 7) is 1.57. The molecular weight excluding hydrogens is 469 g/mol. The number of nitrogens with one attached hydrogen (secondary N) is 1. The summed E-state index contributed by atoms with van der Waals surface area (Å²) >= 11 is 0. The summed E-state index contributed by atoms with van der Waals surface area (Å²) in [6.07, 6.45) is 0.894. The van der Waals surface area contributed by atoms with Gasteiger partial charge in [0.1, 0.15) is 0 Å². The van der Waals surface area contributed by atoms with E-state index in [1.807, 2.05) is 23.1 Å². The van der Waals surface area contributed by atoms with E-state index in [0.29, 0.717) is 66.4 Å². The molecule has 1 fully saturated rings. The molecular formula is C22H20KN5O6. The molecule has 0 unspecified atom stereocenters. The Labute approximate surface area is 237 Å². The van der Waals surface area contributed by atoms with Crippen LogP contribution in [0.4, 0.5) is 17.3 Å². The number of hydrogen-bond donors (Lipinski definition) is 1. The third-order valence-corrected chi connectivity index (χ3v) is 5.98. The second-order valence-corrected chi connectivity index (χ2v) is 7.98. The number of nitrogens with zero attached hydrogens (tertiary/aromatic N) is 4. The molecule has 34 heavy (non-hydrogen) atoms. The number of nitro benzene ring substituents is 1. The van der Waals surface area contributed by atoms with E-state index in [0.717, 1.165) is 5.56 Å². The molecule has 0 aliphatic carbocycles. The first kappa shape index (κ1) is 24.6. The van der Waals surface area contributed by atoms with Crippen molar-refractivity contribution in [1.29, 1.82) is 0 Å². The Bertz CT molecular complexity index is 1250. The van der Waals surface area contributed by atoms with Crippen LogP contribution < -0.4 is 76.2 Å². The van der Waals surface area contributed by atoms with Crippen molar-refractivity contribution >= 4 is 34.1 Å². The number of aliphatic carboxylic acids is 1. The van der Waals surface area contributed by atoms with Gasteiger partial charge in [-0.3, -0.25) is 10.1 Å². The van der Waals surface area contributed by atoms with Crippen molar-refractivity contribution in [2.24, 2.45) is 5.92 Å². The topological polar surface area (TPSA) is 143 Å². The number of carboxylic acids is 1. The van der Waals surface area contributed by atoms with Crippen molar-refractivity contribution in [3.05, 3.63) is 52.1 Å². The minimum atomic E-state index is -1.04. The first-order valence-corrected chi connectivity index (χ1v) is 10.5. The van der Waals surface area contributed by atoms with Crippen molar-refractivity contribution in [3.8, 4) is 11.5 Å². The van der Waals surface area contributed by atoms with Gasteiger partial charge in [-0.05, 0) is 36.6 Å². The predicted octanol–water partition coefficient (Wildman–Crippen LogP) is -1.15. The molecule has 0 saturated carbocycles. The van der Waals surface area contributed by atoms with Gasteiger partial charge in [0.05, 0.1) is 4.92 Å². The average Bonchev–Trinajstić information content (AvgIpc) is 3.30. The van der Waals surface area contributed by atoms with Crippen LogP contribution in [0.3, 0.4) is 0 Å². The van der Waals surface area contributed by atoms with Crippen LogP contribution in [-0.4, -0.2) is 41.0 Å². The van der Waals surface area contributed by atoms with E-state index in [9.17, 15) is 20.0 Å². The molecule has 11 nitrogen and oxygen atoms in total. The molecule has 1 saturated heterocycles. The van der Waals surface area contributed by atoms with Crippen LogP contribution >= 0.6 is 0 Å². The maximum atomic E-state index is 11.4. The second-order valence-electron chi connectivity index (χ2n) is 7.98. The number of piperidine rings is 1. The van der Waals surface area contributed by atoms with Crippen LogP contribution in [0.25, 0.3) is 10.8 Å². The third-order valence-electron chi connectivity index (χ3n) is 5.98. The molecule has 1 aromatic heterocycles. The van der Waals surface area contributed by atoms with Crippen molar-refractivity contribution in [2.75, 3.05) is 30.1 Å². The molecule has 170 valence electrons. The van der Waals surface area contributed by atoms with Gasteiger partial charge in [-0.2, -0.15) is 0 Å². The number of carbonyl (C=O) groups excluding carboxylic acids is 1. The molecule has 12 heteroatoms. The summed E-state index contributed by atoms with van der Waals surface area (Å²) in [5.74, 6) is 0.821. The Hall–Kier alpha value is -2.51. The Morgan fingerprint density at radius 3 is 2.59 bits per heavy atom. The van der Waals surface area contributed by atoms with Crippen LogP contribution in [-0.2, 0) is 11.3 Å². The summed E-state index contributed by atoms with van der Waals surface area (Å²) in [4.78, 5) is 24.1. The Balaban J connectivity index is 0.00000274. The standard InChI is InChI=1S/C22H21N5O6.K/c28-22(29)14-5-7-26(8-6-14)21-16-3-2-15(27(30)31)10-17(16)20(24-25-21)23-11-13-1-4-18-19(9-13)33-12-32-18;/h1-4,9-10,14H,5-8,11-12H2,(H,23,24)(H,28,29);/q;+1/p-1. The van der Waals surface area contributed by atoms with E-state index < -0.39 is 16.8 Å². The molecule has 0 radical (unpaired) electrons. The number of anilines is 2. The number of nitro groups is 1. The number of hydrogen-bond acceptors (Lipinski definition) is 10. The van der Waals surface area contributed by atoms with Crippen molar-refractivity contribution in [3.63, 3.8) is 0 Å². The van der Waals surface area contributed by atoms with Crippen LogP contribution in [0.2, 0.25) is 0 Å². The van der Waals surface area contributed by atoms with Gasteiger partial charge < -0.3 is 29.6 Å². The minimum Gasteiger partial charge on any atom is -0.550 e. The average molecular weight is 490 g/mol. The van der Waals surface area contributed by atoms with Gasteiger partial charge in [-0.15, -0.1) is 10.2 Å². The van der Waals surface area contributed by atoms with Crippen LogP contribution in [0.5, 0.6) is 11.5 Å². The first-order chi connectivity index (χ1) is 16.0. The van der Waals surface area contributed by atoms with Gasteiger partial charge in [0.25, 0.3) is 5.69 Å². The summed E-state index contributed by atoms with van der Waals surface area (Å²) in [5, 5.41) is 35.7. The number of ether oxygens (including phenoxy) is 2. The molecule has 5 rings (SSSR count). The van der Waals surface area contributed by atoms with Crippen molar-refractivity contribution in [2.45, 2.75) is 19.4 Å². The van der Waals surface area contributed by atoms with Crippen molar-refractivity contribution < 1.29 is 75.7 Å². The normalized spacial score (nSPS) is 15.1. The van der Waals surface area contributed by atoms with E-state index in [-0.39, 0.29) is 63.9 Å². The fourth-order valence-electron chi connectivity index (χ4n) is 4.17. The largest absolute Gasteiger partial charge is 1.00 e. The zero-order chi connectivity index (χ0) is 22.9. The Kier molecular flexibility index (Phi) is 7.53. The summed E-state index contributed by atoms with van der Waals surface area (Å²) in [7, 11) is 0. The molecule has 0 amide bonds. The van der Waals surface area contributed by atoms with Gasteiger partial charge in [0.2, 0.25) is 6.79 Å². The van der Waals surface area contributed by atoms with Gasteiger partial charge in [0.15, 0.2) is 23.1 Å². The zero-order valence-corrected chi connectivity index (χ0v) is 21.6. The molecule has 2 aliphatic heterocycles. The zero-order valence-electron chi connectivity index (χ0n) is 18.5. The molecule has 0 atom stereocenters. The number of aromatic nitrogens is 2. The van der Waals surface area contributed by atoms with Gasteiger partial charge in [0, 0.05) is 54.4 Å². The molecule has 0 spiro atoms. The molecule has 2 aliphatic rings. The van der Waals surface area contributed by atoms with E-state index in [1.54, 1.807) is 6.07 Å². The molecule has 3 aromatic rings. The third kappa shape index (κ3) is 4.96.